The van der Waals surface area contributed by atoms with E-state index in [1.807, 2.05) is 22.4 Å². The van der Waals surface area contributed by atoms with Crippen LogP contribution >= 0.6 is 11.3 Å². The molecule has 7 heteroatoms. The van der Waals surface area contributed by atoms with E-state index in [-0.39, 0.29) is 11.6 Å². The summed E-state index contributed by atoms with van der Waals surface area (Å²) < 4.78 is 1.67. The first-order valence-electron chi connectivity index (χ1n) is 8.67. The summed E-state index contributed by atoms with van der Waals surface area (Å²) in [5, 5.41) is 9.63. The van der Waals surface area contributed by atoms with E-state index in [0.29, 0.717) is 12.3 Å². The van der Waals surface area contributed by atoms with E-state index in [1.54, 1.807) is 4.57 Å². The number of hydrogen-bond acceptors (Lipinski definition) is 4. The smallest absolute Gasteiger partial charge is 0.343 e. The Kier molecular flexibility index (Phi) is 5.50. The number of thiophene rings is 1. The Bertz CT molecular complexity index is 711. The lowest BCUT2D eigenvalue weighted by Gasteiger charge is -2.32. The van der Waals surface area contributed by atoms with Gasteiger partial charge in [-0.05, 0) is 42.7 Å². The first-order chi connectivity index (χ1) is 11.7. The summed E-state index contributed by atoms with van der Waals surface area (Å²) in [5.41, 5.74) is -0.181. The van der Waals surface area contributed by atoms with Crippen molar-refractivity contribution in [2.24, 2.45) is 5.92 Å². The number of piperidine rings is 1. The predicted molar refractivity (Wildman–Crippen MR) is 94.6 cm³/mol. The molecule has 130 valence electrons. The zero-order valence-electron chi connectivity index (χ0n) is 14.0. The Hall–Kier alpha value is -1.89. The number of nitrogens with one attached hydrogen (secondary N) is 1. The highest BCUT2D eigenvalue weighted by Crippen LogP contribution is 2.23. The minimum atomic E-state index is -0.181. The van der Waals surface area contributed by atoms with Gasteiger partial charge in [-0.2, -0.15) is 5.10 Å². The van der Waals surface area contributed by atoms with E-state index < -0.39 is 0 Å². The zero-order valence-corrected chi connectivity index (χ0v) is 14.8. The number of nitrogens with zero attached hydrogens (tertiary/aromatic N) is 3. The van der Waals surface area contributed by atoms with Gasteiger partial charge in [0.1, 0.15) is 10.8 Å². The lowest BCUT2D eigenvalue weighted by molar-refractivity contribution is -0.132. The summed E-state index contributed by atoms with van der Waals surface area (Å²) in [6.07, 6.45) is 5.42. The number of carbonyl (C=O) groups is 1. The molecule has 3 rings (SSSR count). The summed E-state index contributed by atoms with van der Waals surface area (Å²) >= 11 is 1.53. The van der Waals surface area contributed by atoms with Crippen LogP contribution < -0.4 is 5.69 Å². The van der Waals surface area contributed by atoms with Crippen molar-refractivity contribution in [2.45, 2.75) is 45.4 Å². The van der Waals surface area contributed by atoms with Crippen LogP contribution in [0.25, 0.3) is 5.00 Å². The maximum absolute atomic E-state index is 12.1. The molecule has 0 saturated carbocycles. The molecule has 6 nitrogen and oxygen atoms in total. The maximum Gasteiger partial charge on any atom is 0.348 e. The van der Waals surface area contributed by atoms with Crippen molar-refractivity contribution >= 4 is 17.2 Å². The molecule has 24 heavy (non-hydrogen) atoms. The molecule has 2 aromatic rings. The van der Waals surface area contributed by atoms with Crippen LogP contribution in [0.5, 0.6) is 0 Å². The minimum Gasteiger partial charge on any atom is -0.343 e. The molecule has 0 unspecified atom stereocenters. The van der Waals surface area contributed by atoms with Gasteiger partial charge < -0.3 is 4.90 Å². The molecule has 0 spiro atoms. The van der Waals surface area contributed by atoms with Crippen LogP contribution in [0.15, 0.2) is 22.3 Å². The number of hydrogen-bond donors (Lipinski definition) is 1. The summed E-state index contributed by atoms with van der Waals surface area (Å²) in [6.45, 7) is 3.75. The third-order valence-electron chi connectivity index (χ3n) is 4.65. The van der Waals surface area contributed by atoms with Crippen LogP contribution in [0.3, 0.4) is 0 Å². The second-order valence-electron chi connectivity index (χ2n) is 6.36. The number of likely N-dealkylation sites (tertiary alicyclic amines) is 1. The van der Waals surface area contributed by atoms with Crippen molar-refractivity contribution in [3.8, 4) is 5.00 Å². The fourth-order valence-corrected chi connectivity index (χ4v) is 3.97. The number of amides is 1. The highest BCUT2D eigenvalue weighted by atomic mass is 32.1. The van der Waals surface area contributed by atoms with Gasteiger partial charge in [0.2, 0.25) is 5.91 Å². The van der Waals surface area contributed by atoms with Gasteiger partial charge in [-0.15, -0.1) is 11.3 Å². The van der Waals surface area contributed by atoms with E-state index >= 15 is 0 Å². The van der Waals surface area contributed by atoms with E-state index in [2.05, 4.69) is 17.1 Å². The third kappa shape index (κ3) is 3.77. The maximum atomic E-state index is 12.1. The summed E-state index contributed by atoms with van der Waals surface area (Å²) in [5.74, 6) is 1.54. The van der Waals surface area contributed by atoms with Gasteiger partial charge in [0.25, 0.3) is 0 Å². The number of aromatic amines is 1. The third-order valence-corrected chi connectivity index (χ3v) is 5.50. The van der Waals surface area contributed by atoms with Crippen LogP contribution in [-0.4, -0.2) is 38.7 Å². The van der Waals surface area contributed by atoms with Gasteiger partial charge in [0.15, 0.2) is 0 Å². The summed E-state index contributed by atoms with van der Waals surface area (Å²) in [7, 11) is 0. The predicted octanol–water partition coefficient (Wildman–Crippen LogP) is 2.59. The average molecular weight is 348 g/mol. The van der Waals surface area contributed by atoms with Crippen molar-refractivity contribution in [1.82, 2.24) is 19.7 Å². The highest BCUT2D eigenvalue weighted by Gasteiger charge is 2.24. The van der Waals surface area contributed by atoms with Crippen LogP contribution in [0.1, 0.15) is 44.9 Å². The Morgan fingerprint density at radius 1 is 1.42 bits per heavy atom. The van der Waals surface area contributed by atoms with Crippen molar-refractivity contribution in [3.05, 3.63) is 33.8 Å². The molecule has 0 bridgehead atoms. The van der Waals surface area contributed by atoms with Gasteiger partial charge in [0.05, 0.1) is 0 Å². The average Bonchev–Trinajstić information content (AvgIpc) is 3.23. The first-order valence-corrected chi connectivity index (χ1v) is 9.55. The highest BCUT2D eigenvalue weighted by molar-refractivity contribution is 7.12. The van der Waals surface area contributed by atoms with Crippen LogP contribution in [-0.2, 0) is 11.2 Å². The summed E-state index contributed by atoms with van der Waals surface area (Å²) in [6, 6.07) is 3.86. The van der Waals surface area contributed by atoms with Crippen molar-refractivity contribution in [2.75, 3.05) is 13.1 Å². The molecule has 2 aromatic heterocycles. The molecule has 3 heterocycles. The van der Waals surface area contributed by atoms with Gasteiger partial charge in [-0.25, -0.2) is 14.5 Å². The molecule has 0 aromatic carbocycles. The Balaban J connectivity index is 1.59. The van der Waals surface area contributed by atoms with Gasteiger partial charge in [0, 0.05) is 25.9 Å². The SMILES string of the molecule is CCCCC(=O)N1CCC(Cc2n[nH]c(=O)n2-c2cccs2)CC1. The quantitative estimate of drug-likeness (QED) is 0.872. The molecular weight excluding hydrogens is 324 g/mol. The molecule has 1 N–H and O–H groups in total. The monoisotopic (exact) mass is 348 g/mol. The molecule has 0 atom stereocenters. The molecule has 0 aliphatic carbocycles. The second kappa shape index (κ2) is 7.79. The fraction of sp³-hybridized carbons (Fsp3) is 0.588. The van der Waals surface area contributed by atoms with Gasteiger partial charge >= 0.3 is 5.69 Å². The number of rotatable bonds is 6. The number of H-pyrrole nitrogens is 1. The van der Waals surface area contributed by atoms with Crippen molar-refractivity contribution in [1.29, 1.82) is 0 Å². The Morgan fingerprint density at radius 2 is 2.21 bits per heavy atom. The standard InChI is InChI=1S/C17H24N4O2S/c1-2-3-5-15(22)20-9-7-13(8-10-20)12-14-18-19-17(23)21(14)16-6-4-11-24-16/h4,6,11,13H,2-3,5,7-10,12H2,1H3,(H,19,23). The van der Waals surface area contributed by atoms with Gasteiger partial charge in [-0.1, -0.05) is 13.3 Å². The molecule has 0 radical (unpaired) electrons. The number of unbranched alkanes of at least 4 members (excludes halogenated alkanes) is 1. The van der Waals surface area contributed by atoms with E-state index in [4.69, 9.17) is 0 Å². The van der Waals surface area contributed by atoms with Gasteiger partial charge in [-0.3, -0.25) is 4.79 Å². The van der Waals surface area contributed by atoms with Crippen LogP contribution in [0.4, 0.5) is 0 Å². The lowest BCUT2D eigenvalue weighted by atomic mass is 9.93. The van der Waals surface area contributed by atoms with E-state index in [0.717, 1.165) is 56.0 Å². The number of aromatic nitrogens is 3. The summed E-state index contributed by atoms with van der Waals surface area (Å²) in [4.78, 5) is 26.1. The fourth-order valence-electron chi connectivity index (χ4n) is 3.22. The Morgan fingerprint density at radius 3 is 2.88 bits per heavy atom. The lowest BCUT2D eigenvalue weighted by Crippen LogP contribution is -2.39. The first kappa shape index (κ1) is 17.0. The molecule has 1 amide bonds. The molecule has 1 aliphatic rings. The normalized spacial score (nSPS) is 15.8. The number of carbonyl (C=O) groups excluding carboxylic acids is 1. The second-order valence-corrected chi connectivity index (χ2v) is 7.29. The molecule has 1 aliphatic heterocycles. The van der Waals surface area contributed by atoms with Crippen LogP contribution in [0.2, 0.25) is 0 Å². The van der Waals surface area contributed by atoms with Crippen molar-refractivity contribution in [3.63, 3.8) is 0 Å². The largest absolute Gasteiger partial charge is 0.348 e. The van der Waals surface area contributed by atoms with Crippen molar-refractivity contribution < 1.29 is 4.79 Å². The van der Waals surface area contributed by atoms with Crippen LogP contribution in [0, 0.1) is 5.92 Å². The Labute approximate surface area is 145 Å². The topological polar surface area (TPSA) is 71.0 Å². The zero-order chi connectivity index (χ0) is 16.9. The van der Waals surface area contributed by atoms with E-state index in [9.17, 15) is 9.59 Å². The molecular formula is C17H24N4O2S. The minimum absolute atomic E-state index is 0.181. The molecule has 1 fully saturated rings. The van der Waals surface area contributed by atoms with E-state index in [1.165, 1.54) is 11.3 Å². The molecule has 1 saturated heterocycles.